The molecule has 1 aromatic carbocycles. The molecule has 0 bridgehead atoms. The molecule has 0 radical (unpaired) electrons. The van der Waals surface area contributed by atoms with Gasteiger partial charge in [-0.05, 0) is 6.42 Å². The van der Waals surface area contributed by atoms with Crippen molar-refractivity contribution < 1.29 is 18.0 Å². The summed E-state index contributed by atoms with van der Waals surface area (Å²) >= 11 is 0. The Morgan fingerprint density at radius 3 is 2.39 bits per heavy atom. The molecule has 6 heteroatoms. The zero-order valence-corrected chi connectivity index (χ0v) is 9.97. The summed E-state index contributed by atoms with van der Waals surface area (Å²) in [6, 6.07) is 0.154. The van der Waals surface area contributed by atoms with Gasteiger partial charge >= 0.3 is 0 Å². The second-order valence-corrected chi connectivity index (χ2v) is 3.98. The molecule has 0 heterocycles. The van der Waals surface area contributed by atoms with Crippen LogP contribution in [0.25, 0.3) is 0 Å². The predicted octanol–water partition coefficient (Wildman–Crippen LogP) is 2.56. The Balaban J connectivity index is 2.76. The van der Waals surface area contributed by atoms with Crippen molar-refractivity contribution in [2.45, 2.75) is 32.2 Å². The fraction of sp³-hybridized carbons (Fsp3) is 0.417. The van der Waals surface area contributed by atoms with Crippen molar-refractivity contribution in [1.82, 2.24) is 0 Å². The van der Waals surface area contributed by atoms with E-state index in [4.69, 9.17) is 5.73 Å². The van der Waals surface area contributed by atoms with Crippen LogP contribution in [-0.4, -0.2) is 11.9 Å². The van der Waals surface area contributed by atoms with E-state index >= 15 is 0 Å². The maximum atomic E-state index is 13.3. The van der Waals surface area contributed by atoms with E-state index in [-0.39, 0.29) is 0 Å². The Hall–Kier alpha value is -1.56. The van der Waals surface area contributed by atoms with Crippen molar-refractivity contribution in [3.8, 4) is 0 Å². The Morgan fingerprint density at radius 1 is 1.33 bits per heavy atom. The molecule has 3 N–H and O–H groups in total. The monoisotopic (exact) mass is 260 g/mol. The molecular weight excluding hydrogens is 245 g/mol. The molecule has 0 aliphatic heterocycles. The molecule has 0 unspecified atom stereocenters. The van der Waals surface area contributed by atoms with E-state index in [0.29, 0.717) is 18.6 Å². The van der Waals surface area contributed by atoms with Gasteiger partial charge in [-0.2, -0.15) is 0 Å². The van der Waals surface area contributed by atoms with Crippen LogP contribution in [0, 0.1) is 17.5 Å². The third-order valence-electron chi connectivity index (χ3n) is 2.46. The number of anilines is 1. The first-order valence-corrected chi connectivity index (χ1v) is 5.66. The zero-order valence-electron chi connectivity index (χ0n) is 9.97. The lowest BCUT2D eigenvalue weighted by molar-refractivity contribution is -0.117. The number of hydrogen-bond donors (Lipinski definition) is 2. The molecule has 0 aliphatic carbocycles. The van der Waals surface area contributed by atoms with Gasteiger partial charge in [0.1, 0.15) is 11.5 Å². The first kappa shape index (κ1) is 14.5. The Labute approximate surface area is 103 Å². The molecule has 1 atom stereocenters. The Bertz CT molecular complexity index is 414. The summed E-state index contributed by atoms with van der Waals surface area (Å²) in [6.45, 7) is 1.93. The Kier molecular flexibility index (Phi) is 5.15. The van der Waals surface area contributed by atoms with Gasteiger partial charge in [0.05, 0.1) is 6.04 Å². The van der Waals surface area contributed by atoms with E-state index in [1.54, 1.807) is 0 Å². The van der Waals surface area contributed by atoms with Crippen LogP contribution in [0.2, 0.25) is 0 Å². The largest absolute Gasteiger partial charge is 0.320 e. The standard InChI is InChI=1S/C12H15F3N2O/c1-2-3-4-10(16)12(18)17-11-8(14)5-7(13)6-9(11)15/h5-6,10H,2-4,16H2,1H3,(H,17,18)/t10-/m0/s1. The number of rotatable bonds is 5. The van der Waals surface area contributed by atoms with Gasteiger partial charge in [-0.15, -0.1) is 0 Å². The van der Waals surface area contributed by atoms with Crippen LogP contribution in [-0.2, 0) is 4.79 Å². The second kappa shape index (κ2) is 6.39. The molecule has 3 nitrogen and oxygen atoms in total. The minimum absolute atomic E-state index is 0.423. The number of nitrogens with two attached hydrogens (primary N) is 1. The zero-order chi connectivity index (χ0) is 13.7. The SMILES string of the molecule is CCCC[C@H](N)C(=O)Nc1c(F)cc(F)cc1F. The summed E-state index contributed by atoms with van der Waals surface area (Å²) in [4.78, 5) is 11.5. The fourth-order valence-corrected chi connectivity index (χ4v) is 1.43. The van der Waals surface area contributed by atoms with Gasteiger partial charge in [-0.3, -0.25) is 4.79 Å². The van der Waals surface area contributed by atoms with E-state index in [2.05, 4.69) is 0 Å². The van der Waals surface area contributed by atoms with Crippen LogP contribution in [0.15, 0.2) is 12.1 Å². The molecule has 18 heavy (non-hydrogen) atoms. The van der Waals surface area contributed by atoms with Crippen LogP contribution in [0.5, 0.6) is 0 Å². The first-order chi connectivity index (χ1) is 8.45. The molecule has 0 spiro atoms. The number of carbonyl (C=O) groups excluding carboxylic acids is 1. The summed E-state index contributed by atoms with van der Waals surface area (Å²) in [5.74, 6) is -4.06. The van der Waals surface area contributed by atoms with Gasteiger partial charge < -0.3 is 11.1 Å². The van der Waals surface area contributed by atoms with E-state index < -0.39 is 35.1 Å². The minimum atomic E-state index is -1.16. The van der Waals surface area contributed by atoms with E-state index in [0.717, 1.165) is 12.8 Å². The molecule has 0 aliphatic rings. The summed E-state index contributed by atoms with van der Waals surface area (Å²) in [5.41, 5.74) is 4.88. The second-order valence-electron chi connectivity index (χ2n) is 3.98. The smallest absolute Gasteiger partial charge is 0.241 e. The molecule has 1 rings (SSSR count). The van der Waals surface area contributed by atoms with Gasteiger partial charge in [-0.25, -0.2) is 13.2 Å². The van der Waals surface area contributed by atoms with Crippen LogP contribution < -0.4 is 11.1 Å². The fourth-order valence-electron chi connectivity index (χ4n) is 1.43. The van der Waals surface area contributed by atoms with Crippen molar-refractivity contribution in [3.05, 3.63) is 29.6 Å². The molecule has 1 amide bonds. The molecule has 100 valence electrons. The number of nitrogens with one attached hydrogen (secondary N) is 1. The highest BCUT2D eigenvalue weighted by Crippen LogP contribution is 2.20. The topological polar surface area (TPSA) is 55.1 Å². The number of benzene rings is 1. The predicted molar refractivity (Wildman–Crippen MR) is 62.4 cm³/mol. The van der Waals surface area contributed by atoms with Crippen LogP contribution in [0.3, 0.4) is 0 Å². The summed E-state index contributed by atoms with van der Waals surface area (Å²) < 4.78 is 39.2. The normalized spacial score (nSPS) is 12.3. The number of hydrogen-bond acceptors (Lipinski definition) is 2. The third-order valence-corrected chi connectivity index (χ3v) is 2.46. The van der Waals surface area contributed by atoms with Crippen molar-refractivity contribution in [2.75, 3.05) is 5.32 Å². The summed E-state index contributed by atoms with van der Waals surface area (Å²) in [7, 11) is 0. The molecule has 0 saturated carbocycles. The van der Waals surface area contributed by atoms with Gasteiger partial charge in [0.15, 0.2) is 11.6 Å². The van der Waals surface area contributed by atoms with Crippen molar-refractivity contribution in [2.24, 2.45) is 5.73 Å². The lowest BCUT2D eigenvalue weighted by atomic mass is 10.1. The summed E-state index contributed by atoms with van der Waals surface area (Å²) in [6.07, 6.45) is 2.02. The molecular formula is C12H15F3N2O. The van der Waals surface area contributed by atoms with Crippen LogP contribution in [0.4, 0.5) is 18.9 Å². The summed E-state index contributed by atoms with van der Waals surface area (Å²) in [5, 5.41) is 2.03. The lowest BCUT2D eigenvalue weighted by Crippen LogP contribution is -2.36. The lowest BCUT2D eigenvalue weighted by Gasteiger charge is -2.12. The number of amides is 1. The quantitative estimate of drug-likeness (QED) is 0.854. The van der Waals surface area contributed by atoms with Crippen molar-refractivity contribution >= 4 is 11.6 Å². The average Bonchev–Trinajstić information content (AvgIpc) is 2.30. The maximum absolute atomic E-state index is 13.3. The van der Waals surface area contributed by atoms with E-state index in [1.165, 1.54) is 0 Å². The highest BCUT2D eigenvalue weighted by molar-refractivity contribution is 5.94. The average molecular weight is 260 g/mol. The first-order valence-electron chi connectivity index (χ1n) is 5.66. The Morgan fingerprint density at radius 2 is 1.89 bits per heavy atom. The molecule has 0 saturated heterocycles. The minimum Gasteiger partial charge on any atom is -0.320 e. The van der Waals surface area contributed by atoms with Crippen LogP contribution >= 0.6 is 0 Å². The van der Waals surface area contributed by atoms with Crippen molar-refractivity contribution in [3.63, 3.8) is 0 Å². The van der Waals surface area contributed by atoms with E-state index in [1.807, 2.05) is 12.2 Å². The third kappa shape index (κ3) is 3.73. The highest BCUT2D eigenvalue weighted by atomic mass is 19.1. The van der Waals surface area contributed by atoms with Gasteiger partial charge in [0, 0.05) is 12.1 Å². The van der Waals surface area contributed by atoms with Crippen LogP contribution in [0.1, 0.15) is 26.2 Å². The highest BCUT2D eigenvalue weighted by Gasteiger charge is 2.18. The number of carbonyl (C=O) groups is 1. The van der Waals surface area contributed by atoms with Gasteiger partial charge in [-0.1, -0.05) is 19.8 Å². The molecule has 0 aromatic heterocycles. The van der Waals surface area contributed by atoms with E-state index in [9.17, 15) is 18.0 Å². The van der Waals surface area contributed by atoms with Gasteiger partial charge in [0.2, 0.25) is 5.91 Å². The molecule has 1 aromatic rings. The maximum Gasteiger partial charge on any atom is 0.241 e. The number of halogens is 3. The van der Waals surface area contributed by atoms with Gasteiger partial charge in [0.25, 0.3) is 0 Å². The van der Waals surface area contributed by atoms with Crippen molar-refractivity contribution in [1.29, 1.82) is 0 Å². The molecule has 0 fully saturated rings. The number of unbranched alkanes of at least 4 members (excludes halogenated alkanes) is 1.